The lowest BCUT2D eigenvalue weighted by atomic mass is 10.1. The fraction of sp³-hybridized carbons (Fsp3) is 0.882. The Kier molecular flexibility index (Phi) is 7.82. The van der Waals surface area contributed by atoms with Gasteiger partial charge >= 0.3 is 6.09 Å². The number of carbonyl (C=O) groups is 2. The van der Waals surface area contributed by atoms with Gasteiger partial charge in [-0.05, 0) is 39.5 Å². The molecular formula is C17H33N3O3. The van der Waals surface area contributed by atoms with Crippen molar-refractivity contribution < 1.29 is 14.3 Å². The predicted molar refractivity (Wildman–Crippen MR) is 91.3 cm³/mol. The fourth-order valence-corrected chi connectivity index (χ4v) is 2.39. The molecule has 23 heavy (non-hydrogen) atoms. The van der Waals surface area contributed by atoms with Gasteiger partial charge in [0.25, 0.3) is 0 Å². The molecule has 0 aromatic heterocycles. The van der Waals surface area contributed by atoms with Crippen molar-refractivity contribution in [2.24, 2.45) is 5.92 Å². The Labute approximate surface area is 140 Å². The molecule has 2 amide bonds. The third kappa shape index (κ3) is 8.79. The summed E-state index contributed by atoms with van der Waals surface area (Å²) in [5.41, 5.74) is -0.449. The average molecular weight is 327 g/mol. The van der Waals surface area contributed by atoms with Crippen molar-refractivity contribution in [3.05, 3.63) is 0 Å². The maximum Gasteiger partial charge on any atom is 0.410 e. The monoisotopic (exact) mass is 327 g/mol. The number of ether oxygens (including phenoxy) is 1. The molecular weight excluding hydrogens is 294 g/mol. The van der Waals surface area contributed by atoms with Crippen LogP contribution in [0.25, 0.3) is 0 Å². The van der Waals surface area contributed by atoms with Gasteiger partial charge in [-0.3, -0.25) is 4.79 Å². The molecule has 0 aliphatic carbocycles. The molecule has 0 atom stereocenters. The van der Waals surface area contributed by atoms with E-state index in [1.165, 1.54) is 0 Å². The van der Waals surface area contributed by atoms with Gasteiger partial charge < -0.3 is 20.3 Å². The standard InChI is InChI=1S/C17H33N3O3/c1-13(2)12-19-15(21)6-9-18-14-7-10-20(11-8-14)16(22)23-17(3,4)5/h13-14,18H,6-12H2,1-5H3,(H,19,21). The lowest BCUT2D eigenvalue weighted by Gasteiger charge is -2.33. The summed E-state index contributed by atoms with van der Waals surface area (Å²) in [5.74, 6) is 0.571. The summed E-state index contributed by atoms with van der Waals surface area (Å²) in [7, 11) is 0. The Morgan fingerprint density at radius 3 is 2.35 bits per heavy atom. The van der Waals surface area contributed by atoms with Crippen LogP contribution in [0.5, 0.6) is 0 Å². The Bertz CT molecular complexity index is 383. The third-order valence-electron chi connectivity index (χ3n) is 3.64. The number of likely N-dealkylation sites (tertiary alicyclic amines) is 1. The maximum absolute atomic E-state index is 12.0. The first-order valence-electron chi connectivity index (χ1n) is 8.65. The van der Waals surface area contributed by atoms with E-state index >= 15 is 0 Å². The molecule has 0 aromatic carbocycles. The molecule has 1 fully saturated rings. The summed E-state index contributed by atoms with van der Waals surface area (Å²) in [6.45, 7) is 12.6. The summed E-state index contributed by atoms with van der Waals surface area (Å²) in [6.07, 6.45) is 2.06. The van der Waals surface area contributed by atoms with Crippen molar-refractivity contribution in [1.82, 2.24) is 15.5 Å². The molecule has 0 saturated carbocycles. The van der Waals surface area contributed by atoms with E-state index in [0.717, 1.165) is 19.4 Å². The normalized spacial score (nSPS) is 16.5. The highest BCUT2D eigenvalue weighted by molar-refractivity contribution is 5.76. The Morgan fingerprint density at radius 2 is 1.83 bits per heavy atom. The molecule has 1 aliphatic rings. The van der Waals surface area contributed by atoms with Crippen molar-refractivity contribution in [1.29, 1.82) is 0 Å². The first-order chi connectivity index (χ1) is 10.7. The summed E-state index contributed by atoms with van der Waals surface area (Å²) >= 11 is 0. The van der Waals surface area contributed by atoms with Crippen LogP contribution in [0.4, 0.5) is 4.79 Å². The van der Waals surface area contributed by atoms with E-state index in [-0.39, 0.29) is 12.0 Å². The van der Waals surface area contributed by atoms with Gasteiger partial charge in [0.2, 0.25) is 5.91 Å². The SMILES string of the molecule is CC(C)CNC(=O)CCNC1CCN(C(=O)OC(C)(C)C)CC1. The van der Waals surface area contributed by atoms with Crippen molar-refractivity contribution >= 4 is 12.0 Å². The second-order valence-electron chi connectivity index (χ2n) is 7.64. The molecule has 0 spiro atoms. The van der Waals surface area contributed by atoms with Crippen LogP contribution in [0.3, 0.4) is 0 Å². The number of rotatable bonds is 6. The smallest absolute Gasteiger partial charge is 0.410 e. The van der Waals surface area contributed by atoms with Crippen molar-refractivity contribution in [2.45, 2.75) is 65.5 Å². The molecule has 134 valence electrons. The van der Waals surface area contributed by atoms with Crippen LogP contribution in [-0.4, -0.2) is 54.7 Å². The highest BCUT2D eigenvalue weighted by atomic mass is 16.6. The average Bonchev–Trinajstić information content (AvgIpc) is 2.44. The molecule has 0 radical (unpaired) electrons. The minimum atomic E-state index is -0.449. The van der Waals surface area contributed by atoms with Crippen LogP contribution in [0, 0.1) is 5.92 Å². The number of carbonyl (C=O) groups excluding carboxylic acids is 2. The number of nitrogens with zero attached hydrogens (tertiary/aromatic N) is 1. The Balaban J connectivity index is 2.17. The Morgan fingerprint density at radius 1 is 1.22 bits per heavy atom. The number of piperidine rings is 1. The van der Waals surface area contributed by atoms with Crippen molar-refractivity contribution in [2.75, 3.05) is 26.2 Å². The minimum Gasteiger partial charge on any atom is -0.444 e. The van der Waals surface area contributed by atoms with E-state index in [1.54, 1.807) is 4.90 Å². The topological polar surface area (TPSA) is 70.7 Å². The number of amides is 2. The van der Waals surface area contributed by atoms with E-state index in [1.807, 2.05) is 20.8 Å². The molecule has 2 N–H and O–H groups in total. The van der Waals surface area contributed by atoms with Gasteiger partial charge in [-0.25, -0.2) is 4.79 Å². The number of nitrogens with one attached hydrogen (secondary N) is 2. The molecule has 1 heterocycles. The summed E-state index contributed by atoms with van der Waals surface area (Å²) in [6, 6.07) is 0.367. The second kappa shape index (κ2) is 9.11. The highest BCUT2D eigenvalue weighted by Crippen LogP contribution is 2.15. The quantitative estimate of drug-likeness (QED) is 0.784. The molecule has 1 saturated heterocycles. The van der Waals surface area contributed by atoms with Gasteiger partial charge in [0.1, 0.15) is 5.60 Å². The summed E-state index contributed by atoms with van der Waals surface area (Å²) in [5, 5.41) is 6.32. The van der Waals surface area contributed by atoms with Crippen molar-refractivity contribution in [3.63, 3.8) is 0 Å². The zero-order valence-corrected chi connectivity index (χ0v) is 15.3. The second-order valence-corrected chi connectivity index (χ2v) is 7.64. The zero-order chi connectivity index (χ0) is 17.5. The van der Waals surface area contributed by atoms with Crippen LogP contribution < -0.4 is 10.6 Å². The summed E-state index contributed by atoms with van der Waals surface area (Å²) < 4.78 is 5.38. The van der Waals surface area contributed by atoms with Gasteiger partial charge in [0.05, 0.1) is 0 Å². The van der Waals surface area contributed by atoms with Crippen LogP contribution in [0.15, 0.2) is 0 Å². The van der Waals surface area contributed by atoms with Gasteiger partial charge in [0.15, 0.2) is 0 Å². The summed E-state index contributed by atoms with van der Waals surface area (Å²) in [4.78, 5) is 25.4. The highest BCUT2D eigenvalue weighted by Gasteiger charge is 2.26. The molecule has 0 bridgehead atoms. The minimum absolute atomic E-state index is 0.0948. The van der Waals surface area contributed by atoms with E-state index in [9.17, 15) is 9.59 Å². The van der Waals surface area contributed by atoms with Crippen LogP contribution >= 0.6 is 0 Å². The number of hydrogen-bond acceptors (Lipinski definition) is 4. The first-order valence-corrected chi connectivity index (χ1v) is 8.65. The number of hydrogen-bond donors (Lipinski definition) is 2. The van der Waals surface area contributed by atoms with Crippen LogP contribution in [-0.2, 0) is 9.53 Å². The molecule has 6 nitrogen and oxygen atoms in total. The lowest BCUT2D eigenvalue weighted by Crippen LogP contribution is -2.47. The van der Waals surface area contributed by atoms with E-state index in [2.05, 4.69) is 24.5 Å². The molecule has 1 rings (SSSR count). The van der Waals surface area contributed by atoms with E-state index in [4.69, 9.17) is 4.74 Å². The Hall–Kier alpha value is -1.30. The van der Waals surface area contributed by atoms with Gasteiger partial charge in [-0.15, -0.1) is 0 Å². The van der Waals surface area contributed by atoms with Gasteiger partial charge in [-0.1, -0.05) is 13.8 Å². The molecule has 0 unspecified atom stereocenters. The van der Waals surface area contributed by atoms with E-state index in [0.29, 0.717) is 38.0 Å². The fourth-order valence-electron chi connectivity index (χ4n) is 2.39. The molecule has 1 aliphatic heterocycles. The van der Waals surface area contributed by atoms with Crippen LogP contribution in [0.1, 0.15) is 53.9 Å². The lowest BCUT2D eigenvalue weighted by molar-refractivity contribution is -0.121. The molecule has 0 aromatic rings. The first kappa shape index (κ1) is 19.7. The van der Waals surface area contributed by atoms with Crippen molar-refractivity contribution in [3.8, 4) is 0 Å². The molecule has 6 heteroatoms. The zero-order valence-electron chi connectivity index (χ0n) is 15.3. The largest absolute Gasteiger partial charge is 0.444 e. The third-order valence-corrected chi connectivity index (χ3v) is 3.64. The van der Waals surface area contributed by atoms with Gasteiger partial charge in [-0.2, -0.15) is 0 Å². The van der Waals surface area contributed by atoms with Crippen LogP contribution in [0.2, 0.25) is 0 Å². The van der Waals surface area contributed by atoms with E-state index < -0.39 is 5.60 Å². The predicted octanol–water partition coefficient (Wildman–Crippen LogP) is 2.14. The maximum atomic E-state index is 12.0. The van der Waals surface area contributed by atoms with Gasteiger partial charge in [0, 0.05) is 38.6 Å².